The average molecular weight is 232 g/mol. The highest BCUT2D eigenvalue weighted by Gasteiger charge is 2.34. The molecule has 0 saturated carbocycles. The first-order chi connectivity index (χ1) is 7.68. The molecule has 2 fully saturated rings. The Morgan fingerprint density at radius 3 is 2.50 bits per heavy atom. The molecule has 0 radical (unpaired) electrons. The van der Waals surface area contributed by atoms with Gasteiger partial charge in [0.05, 0.1) is 0 Å². The number of likely N-dealkylation sites (tertiary alicyclic amines) is 1. The summed E-state index contributed by atoms with van der Waals surface area (Å²) in [7, 11) is 0. The van der Waals surface area contributed by atoms with Crippen molar-refractivity contribution < 1.29 is 13.6 Å². The van der Waals surface area contributed by atoms with Crippen molar-refractivity contribution in [2.45, 2.75) is 25.7 Å². The molecule has 0 bridgehead atoms. The number of hydrogen-bond donors (Lipinski definition) is 1. The molecule has 0 aromatic rings. The van der Waals surface area contributed by atoms with E-state index in [0.29, 0.717) is 13.0 Å². The number of carbonyl (C=O) groups excluding carboxylic acids is 1. The Hall–Kier alpha value is -0.710. The maximum absolute atomic E-state index is 12.5. The monoisotopic (exact) mass is 232 g/mol. The van der Waals surface area contributed by atoms with E-state index in [1.807, 2.05) is 0 Å². The molecule has 0 aromatic carbocycles. The summed E-state index contributed by atoms with van der Waals surface area (Å²) in [5, 5.41) is 3.20. The van der Waals surface area contributed by atoms with Crippen molar-refractivity contribution in [2.75, 3.05) is 26.2 Å². The number of hydrogen-bond acceptors (Lipinski definition) is 2. The molecule has 1 amide bonds. The summed E-state index contributed by atoms with van der Waals surface area (Å²) < 4.78 is 24.9. The maximum atomic E-state index is 12.5. The largest absolute Gasteiger partial charge is 0.342 e. The highest BCUT2D eigenvalue weighted by molar-refractivity contribution is 5.79. The van der Waals surface area contributed by atoms with Crippen LogP contribution in [-0.2, 0) is 4.79 Å². The lowest BCUT2D eigenvalue weighted by molar-refractivity contribution is -0.135. The topological polar surface area (TPSA) is 32.3 Å². The predicted molar refractivity (Wildman–Crippen MR) is 56.3 cm³/mol. The van der Waals surface area contributed by atoms with Gasteiger partial charge in [0.2, 0.25) is 12.3 Å². The third kappa shape index (κ3) is 2.51. The van der Waals surface area contributed by atoms with E-state index >= 15 is 0 Å². The fourth-order valence-electron chi connectivity index (χ4n) is 2.52. The van der Waals surface area contributed by atoms with E-state index in [2.05, 4.69) is 5.32 Å². The Labute approximate surface area is 94.2 Å². The van der Waals surface area contributed by atoms with Crippen molar-refractivity contribution in [1.82, 2.24) is 10.2 Å². The lowest BCUT2D eigenvalue weighted by Crippen LogP contribution is -2.40. The van der Waals surface area contributed by atoms with Gasteiger partial charge in [0.1, 0.15) is 0 Å². The minimum atomic E-state index is -2.29. The number of amides is 1. The Kier molecular flexibility index (Phi) is 3.74. The minimum absolute atomic E-state index is 0.0534. The van der Waals surface area contributed by atoms with E-state index in [0.717, 1.165) is 25.9 Å². The molecule has 2 rings (SSSR count). The van der Waals surface area contributed by atoms with Crippen molar-refractivity contribution in [2.24, 2.45) is 11.8 Å². The molecule has 2 aliphatic rings. The van der Waals surface area contributed by atoms with E-state index in [4.69, 9.17) is 0 Å². The van der Waals surface area contributed by atoms with Crippen LogP contribution >= 0.6 is 0 Å². The summed E-state index contributed by atoms with van der Waals surface area (Å²) in [5.74, 6) is -0.465. The van der Waals surface area contributed by atoms with Gasteiger partial charge in [-0.3, -0.25) is 4.79 Å². The number of carbonyl (C=O) groups is 1. The summed E-state index contributed by atoms with van der Waals surface area (Å²) in [6, 6.07) is 0. The maximum Gasteiger partial charge on any atom is 0.243 e. The third-order valence-electron chi connectivity index (χ3n) is 3.58. The van der Waals surface area contributed by atoms with Gasteiger partial charge < -0.3 is 10.2 Å². The molecule has 92 valence electrons. The van der Waals surface area contributed by atoms with Gasteiger partial charge in [0.25, 0.3) is 0 Å². The zero-order chi connectivity index (χ0) is 11.5. The third-order valence-corrected chi connectivity index (χ3v) is 3.58. The Morgan fingerprint density at radius 2 is 1.94 bits per heavy atom. The standard InChI is InChI=1S/C11H18F2N2O/c12-10(13)9-3-6-15(7-9)11(16)8-1-4-14-5-2-8/h8-10,14H,1-7H2/t9-/m0/s1. The van der Waals surface area contributed by atoms with Crippen LogP contribution in [0.2, 0.25) is 0 Å². The van der Waals surface area contributed by atoms with E-state index in [9.17, 15) is 13.6 Å². The van der Waals surface area contributed by atoms with Crippen LogP contribution in [0.15, 0.2) is 0 Å². The van der Waals surface area contributed by atoms with Crippen molar-refractivity contribution in [3.05, 3.63) is 0 Å². The second-order valence-corrected chi connectivity index (χ2v) is 4.69. The van der Waals surface area contributed by atoms with Gasteiger partial charge in [0.15, 0.2) is 0 Å². The first-order valence-corrected chi connectivity index (χ1v) is 5.96. The van der Waals surface area contributed by atoms with Crippen molar-refractivity contribution >= 4 is 5.91 Å². The normalized spacial score (nSPS) is 27.7. The van der Waals surface area contributed by atoms with Gasteiger partial charge in [-0.05, 0) is 32.4 Å². The molecule has 16 heavy (non-hydrogen) atoms. The Morgan fingerprint density at radius 1 is 1.25 bits per heavy atom. The van der Waals surface area contributed by atoms with E-state index in [1.54, 1.807) is 4.90 Å². The second-order valence-electron chi connectivity index (χ2n) is 4.69. The average Bonchev–Trinajstić information content (AvgIpc) is 2.78. The minimum Gasteiger partial charge on any atom is -0.342 e. The SMILES string of the molecule is O=C(C1CCNCC1)N1CC[C@H](C(F)F)C1. The second kappa shape index (κ2) is 5.08. The molecule has 0 unspecified atom stereocenters. The zero-order valence-corrected chi connectivity index (χ0v) is 9.29. The molecule has 1 N–H and O–H groups in total. The number of rotatable bonds is 2. The number of nitrogens with one attached hydrogen (secondary N) is 1. The zero-order valence-electron chi connectivity index (χ0n) is 9.29. The van der Waals surface area contributed by atoms with Crippen LogP contribution in [0.3, 0.4) is 0 Å². The number of halogens is 2. The highest BCUT2D eigenvalue weighted by Crippen LogP contribution is 2.25. The van der Waals surface area contributed by atoms with Crippen LogP contribution in [0.4, 0.5) is 8.78 Å². The Bertz CT molecular complexity index is 254. The summed E-state index contributed by atoms with van der Waals surface area (Å²) in [5.41, 5.74) is 0. The van der Waals surface area contributed by atoms with Crippen LogP contribution in [0.25, 0.3) is 0 Å². The van der Waals surface area contributed by atoms with Gasteiger partial charge in [-0.1, -0.05) is 0 Å². The lowest BCUT2D eigenvalue weighted by atomic mass is 9.97. The predicted octanol–water partition coefficient (Wildman–Crippen LogP) is 1.10. The summed E-state index contributed by atoms with van der Waals surface area (Å²) in [6.45, 7) is 2.49. The molecule has 1 atom stereocenters. The lowest BCUT2D eigenvalue weighted by Gasteiger charge is -2.26. The molecule has 2 saturated heterocycles. The molecule has 3 nitrogen and oxygen atoms in total. The molecule has 0 aromatic heterocycles. The van der Waals surface area contributed by atoms with Crippen molar-refractivity contribution in [3.8, 4) is 0 Å². The number of piperidine rings is 1. The summed E-state index contributed by atoms with van der Waals surface area (Å²) in [6.07, 6.45) is -0.150. The quantitative estimate of drug-likeness (QED) is 0.773. The molecule has 0 aliphatic carbocycles. The van der Waals surface area contributed by atoms with Crippen LogP contribution in [0.1, 0.15) is 19.3 Å². The van der Waals surface area contributed by atoms with Crippen molar-refractivity contribution in [3.63, 3.8) is 0 Å². The van der Waals surface area contributed by atoms with Gasteiger partial charge >= 0.3 is 0 Å². The molecular weight excluding hydrogens is 214 g/mol. The van der Waals surface area contributed by atoms with E-state index in [-0.39, 0.29) is 18.4 Å². The molecule has 5 heteroatoms. The fourth-order valence-corrected chi connectivity index (χ4v) is 2.52. The highest BCUT2D eigenvalue weighted by atomic mass is 19.3. The number of nitrogens with zero attached hydrogens (tertiary/aromatic N) is 1. The summed E-state index contributed by atoms with van der Waals surface area (Å²) in [4.78, 5) is 13.7. The van der Waals surface area contributed by atoms with Crippen LogP contribution in [0.5, 0.6) is 0 Å². The molecular formula is C11H18F2N2O. The van der Waals surface area contributed by atoms with E-state index in [1.165, 1.54) is 0 Å². The number of alkyl halides is 2. The van der Waals surface area contributed by atoms with Crippen molar-refractivity contribution in [1.29, 1.82) is 0 Å². The first kappa shape index (κ1) is 11.8. The molecule has 2 aliphatic heterocycles. The summed E-state index contributed by atoms with van der Waals surface area (Å²) >= 11 is 0. The van der Waals surface area contributed by atoms with Gasteiger partial charge in [0, 0.05) is 24.9 Å². The van der Waals surface area contributed by atoms with Crippen LogP contribution < -0.4 is 5.32 Å². The van der Waals surface area contributed by atoms with Gasteiger partial charge in [-0.25, -0.2) is 8.78 Å². The van der Waals surface area contributed by atoms with E-state index < -0.39 is 12.3 Å². The Balaban J connectivity index is 1.86. The fraction of sp³-hybridized carbons (Fsp3) is 0.909. The first-order valence-electron chi connectivity index (χ1n) is 5.96. The van der Waals surface area contributed by atoms with Gasteiger partial charge in [-0.15, -0.1) is 0 Å². The van der Waals surface area contributed by atoms with Gasteiger partial charge in [-0.2, -0.15) is 0 Å². The smallest absolute Gasteiger partial charge is 0.243 e. The van der Waals surface area contributed by atoms with Crippen LogP contribution in [0, 0.1) is 11.8 Å². The molecule has 0 spiro atoms. The van der Waals surface area contributed by atoms with Crippen LogP contribution in [-0.4, -0.2) is 43.4 Å². The molecule has 2 heterocycles.